The van der Waals surface area contributed by atoms with Gasteiger partial charge >= 0.3 is 5.97 Å². The summed E-state index contributed by atoms with van der Waals surface area (Å²) in [4.78, 5) is 30.8. The smallest absolute Gasteiger partial charge is 0.339 e. The van der Waals surface area contributed by atoms with Crippen molar-refractivity contribution in [1.82, 2.24) is 4.98 Å². The minimum Gasteiger partial charge on any atom is -0.495 e. The van der Waals surface area contributed by atoms with Gasteiger partial charge in [0.2, 0.25) is 0 Å². The molecular formula is C25H26N2O4. The topological polar surface area (TPSA) is 77.5 Å². The number of para-hydroxylation sites is 3. The van der Waals surface area contributed by atoms with Gasteiger partial charge in [0.05, 0.1) is 23.9 Å². The molecule has 1 aromatic heterocycles. The SMILES string of the molecule is COc1ccccc1NC(=O)[C@@H](C)OC(=O)c1c2c(nc3ccccc13)CC[C@H](C)C2. The van der Waals surface area contributed by atoms with Crippen LogP contribution in [0.2, 0.25) is 0 Å². The predicted molar refractivity (Wildman–Crippen MR) is 119 cm³/mol. The lowest BCUT2D eigenvalue weighted by Gasteiger charge is -2.24. The molecule has 0 saturated carbocycles. The van der Waals surface area contributed by atoms with Gasteiger partial charge < -0.3 is 14.8 Å². The number of aryl methyl sites for hydroxylation is 1. The highest BCUT2D eigenvalue weighted by atomic mass is 16.5. The molecule has 6 nitrogen and oxygen atoms in total. The number of ether oxygens (including phenoxy) is 2. The van der Waals surface area contributed by atoms with Crippen molar-refractivity contribution >= 4 is 28.5 Å². The van der Waals surface area contributed by atoms with Crippen LogP contribution in [-0.2, 0) is 22.4 Å². The first-order valence-corrected chi connectivity index (χ1v) is 10.5. The first-order chi connectivity index (χ1) is 15.0. The summed E-state index contributed by atoms with van der Waals surface area (Å²) in [6, 6.07) is 14.7. The average Bonchev–Trinajstić information content (AvgIpc) is 2.77. The molecule has 2 atom stereocenters. The van der Waals surface area contributed by atoms with Gasteiger partial charge in [-0.2, -0.15) is 0 Å². The average molecular weight is 418 g/mol. The molecule has 0 fully saturated rings. The molecule has 4 rings (SSSR count). The predicted octanol–water partition coefficient (Wildman–Crippen LogP) is 4.55. The van der Waals surface area contributed by atoms with E-state index < -0.39 is 18.0 Å². The third-order valence-corrected chi connectivity index (χ3v) is 5.73. The lowest BCUT2D eigenvalue weighted by Crippen LogP contribution is -2.31. The molecule has 0 saturated heterocycles. The van der Waals surface area contributed by atoms with Crippen molar-refractivity contribution in [3.63, 3.8) is 0 Å². The normalized spacial score (nSPS) is 16.3. The summed E-state index contributed by atoms with van der Waals surface area (Å²) in [5, 5.41) is 3.53. The second kappa shape index (κ2) is 8.76. The molecule has 1 aliphatic rings. The monoisotopic (exact) mass is 418 g/mol. The maximum atomic E-state index is 13.3. The Balaban J connectivity index is 1.61. The standard InChI is InChI=1S/C25H26N2O4/c1-15-12-13-20-18(14-15)23(17-8-4-5-9-19(17)26-20)25(29)31-16(2)24(28)27-21-10-6-7-11-22(21)30-3/h4-11,15-16H,12-14H2,1-3H3,(H,27,28)/t15-,16+/m0/s1. The maximum absolute atomic E-state index is 13.3. The number of benzene rings is 2. The number of nitrogens with zero attached hydrogens (tertiary/aromatic N) is 1. The van der Waals surface area contributed by atoms with Gasteiger partial charge in [0.25, 0.3) is 5.91 Å². The number of anilines is 1. The van der Waals surface area contributed by atoms with Crippen LogP contribution in [0, 0.1) is 5.92 Å². The number of pyridine rings is 1. The zero-order chi connectivity index (χ0) is 22.0. The molecule has 1 aliphatic carbocycles. The molecule has 1 N–H and O–H groups in total. The maximum Gasteiger partial charge on any atom is 0.339 e. The third-order valence-electron chi connectivity index (χ3n) is 5.73. The van der Waals surface area contributed by atoms with Gasteiger partial charge in [0.15, 0.2) is 6.10 Å². The van der Waals surface area contributed by atoms with E-state index >= 15 is 0 Å². The van der Waals surface area contributed by atoms with Crippen LogP contribution in [-0.4, -0.2) is 30.1 Å². The number of carbonyl (C=O) groups is 2. The van der Waals surface area contributed by atoms with Crippen molar-refractivity contribution in [3.8, 4) is 5.75 Å². The molecule has 6 heteroatoms. The fraction of sp³-hybridized carbons (Fsp3) is 0.320. The number of hydrogen-bond donors (Lipinski definition) is 1. The van der Waals surface area contributed by atoms with Crippen molar-refractivity contribution in [1.29, 1.82) is 0 Å². The Morgan fingerprint density at radius 2 is 1.87 bits per heavy atom. The zero-order valence-corrected chi connectivity index (χ0v) is 18.0. The number of fused-ring (bicyclic) bond motifs is 2. The molecule has 0 aliphatic heterocycles. The van der Waals surface area contributed by atoms with Crippen molar-refractivity contribution < 1.29 is 19.1 Å². The highest BCUT2D eigenvalue weighted by molar-refractivity contribution is 6.06. The van der Waals surface area contributed by atoms with E-state index in [1.54, 1.807) is 25.1 Å². The quantitative estimate of drug-likeness (QED) is 0.615. The van der Waals surface area contributed by atoms with E-state index in [9.17, 15) is 9.59 Å². The minimum absolute atomic E-state index is 0.418. The van der Waals surface area contributed by atoms with Gasteiger partial charge in [-0.1, -0.05) is 37.3 Å². The molecule has 0 spiro atoms. The van der Waals surface area contributed by atoms with Gasteiger partial charge in [0.1, 0.15) is 5.75 Å². The Labute approximate surface area is 181 Å². The molecule has 2 aromatic carbocycles. The minimum atomic E-state index is -0.971. The number of rotatable bonds is 5. The van der Waals surface area contributed by atoms with Crippen LogP contribution in [0.5, 0.6) is 5.75 Å². The Morgan fingerprint density at radius 3 is 2.68 bits per heavy atom. The molecule has 31 heavy (non-hydrogen) atoms. The van der Waals surface area contributed by atoms with E-state index in [-0.39, 0.29) is 0 Å². The number of esters is 1. The van der Waals surface area contributed by atoms with Crippen LogP contribution in [0.1, 0.15) is 41.9 Å². The molecular weight excluding hydrogens is 392 g/mol. The molecule has 160 valence electrons. The number of amides is 1. The Hall–Kier alpha value is -3.41. The fourth-order valence-electron chi connectivity index (χ4n) is 4.05. The summed E-state index contributed by atoms with van der Waals surface area (Å²) in [7, 11) is 1.53. The van der Waals surface area contributed by atoms with E-state index in [4.69, 9.17) is 14.5 Å². The highest BCUT2D eigenvalue weighted by Gasteiger charge is 2.28. The van der Waals surface area contributed by atoms with Crippen molar-refractivity contribution in [2.24, 2.45) is 5.92 Å². The van der Waals surface area contributed by atoms with Crippen molar-refractivity contribution in [3.05, 3.63) is 65.4 Å². The number of nitrogens with one attached hydrogen (secondary N) is 1. The van der Waals surface area contributed by atoms with Gasteiger partial charge in [-0.3, -0.25) is 9.78 Å². The molecule has 1 heterocycles. The molecule has 0 bridgehead atoms. The molecule has 0 radical (unpaired) electrons. The number of hydrogen-bond acceptors (Lipinski definition) is 5. The van der Waals surface area contributed by atoms with E-state index in [1.807, 2.05) is 30.3 Å². The summed E-state index contributed by atoms with van der Waals surface area (Å²) in [6.45, 7) is 3.75. The Kier molecular flexibility index (Phi) is 5.89. The second-order valence-corrected chi connectivity index (χ2v) is 8.01. The van der Waals surface area contributed by atoms with Crippen LogP contribution >= 0.6 is 0 Å². The van der Waals surface area contributed by atoms with Crippen LogP contribution in [0.15, 0.2) is 48.5 Å². The second-order valence-electron chi connectivity index (χ2n) is 8.01. The van der Waals surface area contributed by atoms with Gasteiger partial charge in [-0.05, 0) is 55.9 Å². The highest BCUT2D eigenvalue weighted by Crippen LogP contribution is 2.32. The summed E-state index contributed by atoms with van der Waals surface area (Å²) in [5.74, 6) is 0.0934. The first-order valence-electron chi connectivity index (χ1n) is 10.5. The van der Waals surface area contributed by atoms with E-state index in [0.717, 1.165) is 41.4 Å². The van der Waals surface area contributed by atoms with Crippen LogP contribution in [0.25, 0.3) is 10.9 Å². The van der Waals surface area contributed by atoms with Crippen molar-refractivity contribution in [2.75, 3.05) is 12.4 Å². The number of methoxy groups -OCH3 is 1. The van der Waals surface area contributed by atoms with Gasteiger partial charge in [0, 0.05) is 11.1 Å². The van der Waals surface area contributed by atoms with Crippen LogP contribution in [0.4, 0.5) is 5.69 Å². The fourth-order valence-corrected chi connectivity index (χ4v) is 4.05. The first kappa shape index (κ1) is 20.8. The largest absolute Gasteiger partial charge is 0.495 e. The third kappa shape index (κ3) is 4.24. The van der Waals surface area contributed by atoms with E-state index in [2.05, 4.69) is 12.2 Å². The summed E-state index contributed by atoms with van der Waals surface area (Å²) in [5.41, 5.74) is 3.73. The van der Waals surface area contributed by atoms with E-state index in [1.165, 1.54) is 7.11 Å². The van der Waals surface area contributed by atoms with Gasteiger partial charge in [-0.15, -0.1) is 0 Å². The number of carbonyl (C=O) groups excluding carboxylic acids is 2. The summed E-state index contributed by atoms with van der Waals surface area (Å²) < 4.78 is 10.9. The number of aromatic nitrogens is 1. The van der Waals surface area contributed by atoms with Gasteiger partial charge in [-0.25, -0.2) is 4.79 Å². The van der Waals surface area contributed by atoms with Crippen LogP contribution in [0.3, 0.4) is 0 Å². The Bertz CT molecular complexity index is 1140. The molecule has 1 amide bonds. The van der Waals surface area contributed by atoms with Crippen molar-refractivity contribution in [2.45, 2.75) is 39.2 Å². The molecule has 3 aromatic rings. The lowest BCUT2D eigenvalue weighted by atomic mass is 9.84. The Morgan fingerprint density at radius 1 is 1.13 bits per heavy atom. The summed E-state index contributed by atoms with van der Waals surface area (Å²) >= 11 is 0. The zero-order valence-electron chi connectivity index (χ0n) is 18.0. The van der Waals surface area contributed by atoms with E-state index in [0.29, 0.717) is 22.9 Å². The summed E-state index contributed by atoms with van der Waals surface area (Å²) in [6.07, 6.45) is 1.69. The van der Waals surface area contributed by atoms with Crippen LogP contribution < -0.4 is 10.1 Å². The molecule has 0 unspecified atom stereocenters. The lowest BCUT2D eigenvalue weighted by molar-refractivity contribution is -0.123.